The van der Waals surface area contributed by atoms with Crippen molar-refractivity contribution in [3.05, 3.63) is 0 Å². The lowest BCUT2D eigenvalue weighted by molar-refractivity contribution is -0.270. The van der Waals surface area contributed by atoms with E-state index in [0.717, 1.165) is 0 Å². The van der Waals surface area contributed by atoms with E-state index in [1.165, 1.54) is 21.0 Å². The van der Waals surface area contributed by atoms with Gasteiger partial charge in [-0.1, -0.05) is 0 Å². The molecule has 1 amide bonds. The molecule has 1 saturated heterocycles. The molecule has 114 valence electrons. The monoisotopic (exact) mass is 289 g/mol. The summed E-state index contributed by atoms with van der Waals surface area (Å²) in [6.45, 7) is 4.01. The molecule has 0 saturated carbocycles. The molecule has 8 heteroatoms. The fourth-order valence-corrected chi connectivity index (χ4v) is 2.18. The second-order valence-corrected chi connectivity index (χ2v) is 4.52. The summed E-state index contributed by atoms with van der Waals surface area (Å²) < 4.78 is 20.7. The van der Waals surface area contributed by atoms with Crippen LogP contribution in [-0.4, -0.2) is 49.6 Å². The maximum absolute atomic E-state index is 11.6. The van der Waals surface area contributed by atoms with Crippen molar-refractivity contribution in [2.75, 3.05) is 7.11 Å². The molecule has 0 aromatic rings. The zero-order chi connectivity index (χ0) is 15.4. The van der Waals surface area contributed by atoms with Crippen LogP contribution in [0.4, 0.5) is 0 Å². The van der Waals surface area contributed by atoms with E-state index in [1.54, 1.807) is 6.92 Å². The number of carbonyl (C=O) groups is 3. The quantitative estimate of drug-likeness (QED) is 0.683. The fourth-order valence-electron chi connectivity index (χ4n) is 2.18. The highest BCUT2D eigenvalue weighted by atomic mass is 16.7. The van der Waals surface area contributed by atoms with Gasteiger partial charge in [0, 0.05) is 21.0 Å². The van der Waals surface area contributed by atoms with E-state index < -0.39 is 48.4 Å². The van der Waals surface area contributed by atoms with Gasteiger partial charge >= 0.3 is 11.9 Å². The van der Waals surface area contributed by atoms with Gasteiger partial charge in [0.15, 0.2) is 18.5 Å². The van der Waals surface area contributed by atoms with Crippen LogP contribution in [0.25, 0.3) is 0 Å². The summed E-state index contributed by atoms with van der Waals surface area (Å²) in [5.74, 6) is -3.04. The number of primary amides is 1. The van der Waals surface area contributed by atoms with Gasteiger partial charge in [0.2, 0.25) is 5.91 Å². The van der Waals surface area contributed by atoms with Gasteiger partial charge in [0.25, 0.3) is 0 Å². The summed E-state index contributed by atoms with van der Waals surface area (Å²) in [6, 6.07) is 0. The number of hydrogen-bond donors (Lipinski definition) is 1. The van der Waals surface area contributed by atoms with Crippen molar-refractivity contribution in [3.8, 4) is 0 Å². The van der Waals surface area contributed by atoms with E-state index in [0.29, 0.717) is 0 Å². The molecule has 1 aliphatic rings. The lowest BCUT2D eigenvalue weighted by Gasteiger charge is -2.42. The number of amides is 1. The number of nitrogens with two attached hydrogens (primary N) is 1. The van der Waals surface area contributed by atoms with Crippen LogP contribution in [0.5, 0.6) is 0 Å². The molecule has 0 radical (unpaired) electrons. The summed E-state index contributed by atoms with van der Waals surface area (Å²) in [6.07, 6.45) is -3.58. The maximum Gasteiger partial charge on any atom is 0.303 e. The summed E-state index contributed by atoms with van der Waals surface area (Å²) in [4.78, 5) is 34.0. The second-order valence-electron chi connectivity index (χ2n) is 4.52. The topological polar surface area (TPSA) is 114 Å². The third kappa shape index (κ3) is 3.67. The molecule has 8 nitrogen and oxygen atoms in total. The van der Waals surface area contributed by atoms with E-state index >= 15 is 0 Å². The number of esters is 2. The van der Waals surface area contributed by atoms with Crippen LogP contribution in [0.2, 0.25) is 0 Å². The van der Waals surface area contributed by atoms with Crippen LogP contribution in [0.15, 0.2) is 0 Å². The Morgan fingerprint density at radius 1 is 1.05 bits per heavy atom. The Hall–Kier alpha value is -1.67. The Balaban J connectivity index is 3.10. The van der Waals surface area contributed by atoms with Gasteiger partial charge in [-0.25, -0.2) is 0 Å². The first kappa shape index (κ1) is 16.4. The molecule has 0 unspecified atom stereocenters. The van der Waals surface area contributed by atoms with Gasteiger partial charge in [-0.15, -0.1) is 0 Å². The largest absolute Gasteiger partial charge is 0.457 e. The number of ether oxygens (including phenoxy) is 4. The molecule has 0 aliphatic carbocycles. The molecule has 20 heavy (non-hydrogen) atoms. The average molecular weight is 289 g/mol. The first-order chi connectivity index (χ1) is 9.27. The van der Waals surface area contributed by atoms with Crippen LogP contribution >= 0.6 is 0 Å². The Labute approximate surface area is 116 Å². The third-order valence-corrected chi connectivity index (χ3v) is 2.95. The summed E-state index contributed by atoms with van der Waals surface area (Å²) in [7, 11) is 1.34. The van der Waals surface area contributed by atoms with Crippen LogP contribution in [0, 0.1) is 5.92 Å². The highest BCUT2D eigenvalue weighted by molar-refractivity contribution is 5.79. The number of hydrogen-bond acceptors (Lipinski definition) is 7. The first-order valence-corrected chi connectivity index (χ1v) is 6.10. The molecular weight excluding hydrogens is 270 g/mol. The first-order valence-electron chi connectivity index (χ1n) is 6.10. The van der Waals surface area contributed by atoms with Crippen molar-refractivity contribution < 1.29 is 33.3 Å². The SMILES string of the molecule is CO[C@H]1O[C@@H](C)[C@H](OC(C)=O)[C@@H](OC(C)=O)[C@@H]1C(N)=O. The number of rotatable bonds is 4. The van der Waals surface area contributed by atoms with Crippen molar-refractivity contribution in [1.82, 2.24) is 0 Å². The molecule has 0 bridgehead atoms. The number of carbonyl (C=O) groups excluding carboxylic acids is 3. The van der Waals surface area contributed by atoms with Gasteiger partial charge in [0.05, 0.1) is 6.10 Å². The zero-order valence-corrected chi connectivity index (χ0v) is 11.8. The van der Waals surface area contributed by atoms with E-state index in [9.17, 15) is 14.4 Å². The lowest BCUT2D eigenvalue weighted by Crippen LogP contribution is -2.60. The van der Waals surface area contributed by atoms with Crippen molar-refractivity contribution in [2.45, 2.75) is 45.4 Å². The minimum absolute atomic E-state index is 0.582. The minimum atomic E-state index is -1.07. The molecule has 0 spiro atoms. The van der Waals surface area contributed by atoms with Gasteiger partial charge in [-0.05, 0) is 6.92 Å². The second kappa shape index (κ2) is 6.67. The molecule has 1 fully saturated rings. The molecule has 0 aromatic carbocycles. The van der Waals surface area contributed by atoms with Crippen LogP contribution < -0.4 is 5.73 Å². The van der Waals surface area contributed by atoms with E-state index in [2.05, 4.69) is 0 Å². The Morgan fingerprint density at radius 3 is 1.95 bits per heavy atom. The van der Waals surface area contributed by atoms with Gasteiger partial charge < -0.3 is 24.7 Å². The van der Waals surface area contributed by atoms with E-state index in [1.807, 2.05) is 0 Å². The van der Waals surface area contributed by atoms with Crippen molar-refractivity contribution in [1.29, 1.82) is 0 Å². The minimum Gasteiger partial charge on any atom is -0.457 e. The van der Waals surface area contributed by atoms with Crippen LogP contribution in [0.1, 0.15) is 20.8 Å². The molecule has 1 heterocycles. The summed E-state index contributed by atoms with van der Waals surface area (Å²) in [5.41, 5.74) is 5.31. The summed E-state index contributed by atoms with van der Waals surface area (Å²) in [5, 5.41) is 0. The van der Waals surface area contributed by atoms with E-state index in [-0.39, 0.29) is 0 Å². The predicted molar refractivity (Wildman–Crippen MR) is 65.1 cm³/mol. The van der Waals surface area contributed by atoms with Crippen molar-refractivity contribution in [2.24, 2.45) is 11.7 Å². The third-order valence-electron chi connectivity index (χ3n) is 2.95. The fraction of sp³-hybridized carbons (Fsp3) is 0.750. The summed E-state index contributed by atoms with van der Waals surface area (Å²) >= 11 is 0. The molecule has 1 rings (SSSR count). The van der Waals surface area contributed by atoms with Gasteiger partial charge in [-0.3, -0.25) is 14.4 Å². The standard InChI is InChI=1S/C12H19NO7/c1-5-9(19-6(2)14)10(20-7(3)15)8(11(13)16)12(17-4)18-5/h5,8-10,12H,1-4H3,(H2,13,16)/t5-,8+,9-,10-,12-/m0/s1. The van der Waals surface area contributed by atoms with Crippen LogP contribution in [0.3, 0.4) is 0 Å². The maximum atomic E-state index is 11.6. The smallest absolute Gasteiger partial charge is 0.303 e. The molecule has 0 aromatic heterocycles. The Bertz CT molecular complexity index is 397. The number of methoxy groups -OCH3 is 1. The zero-order valence-electron chi connectivity index (χ0n) is 11.8. The van der Waals surface area contributed by atoms with E-state index in [4.69, 9.17) is 24.7 Å². The van der Waals surface area contributed by atoms with Gasteiger partial charge in [-0.2, -0.15) is 0 Å². The van der Waals surface area contributed by atoms with Crippen molar-refractivity contribution in [3.63, 3.8) is 0 Å². The molecular formula is C12H19NO7. The molecule has 5 atom stereocenters. The van der Waals surface area contributed by atoms with Crippen LogP contribution in [-0.2, 0) is 33.3 Å². The Morgan fingerprint density at radius 2 is 1.55 bits per heavy atom. The lowest BCUT2D eigenvalue weighted by atomic mass is 9.90. The highest BCUT2D eigenvalue weighted by Gasteiger charge is 2.51. The predicted octanol–water partition coefficient (Wildman–Crippen LogP) is -0.657. The molecule has 2 N–H and O–H groups in total. The Kier molecular flexibility index (Phi) is 5.46. The van der Waals surface area contributed by atoms with Crippen molar-refractivity contribution >= 4 is 17.8 Å². The highest BCUT2D eigenvalue weighted by Crippen LogP contribution is 2.31. The average Bonchev–Trinajstić information content (AvgIpc) is 2.31. The van der Waals surface area contributed by atoms with Gasteiger partial charge in [0.1, 0.15) is 5.92 Å². The molecule has 1 aliphatic heterocycles. The normalized spacial score (nSPS) is 33.3.